The van der Waals surface area contributed by atoms with Gasteiger partial charge in [-0.05, 0) is 31.1 Å². The summed E-state index contributed by atoms with van der Waals surface area (Å²) in [6, 6.07) is 0. The van der Waals surface area contributed by atoms with Crippen LogP contribution in [0, 0.1) is 18.3 Å². The van der Waals surface area contributed by atoms with Gasteiger partial charge in [-0.15, -0.1) is 10.2 Å². The molecule has 6 heteroatoms. The van der Waals surface area contributed by atoms with Gasteiger partial charge in [0.05, 0.1) is 6.54 Å². The van der Waals surface area contributed by atoms with Crippen LogP contribution >= 0.6 is 0 Å². The highest BCUT2D eigenvalue weighted by atomic mass is 15.3. The molecule has 0 amide bonds. The lowest BCUT2D eigenvalue weighted by Gasteiger charge is -2.32. The van der Waals surface area contributed by atoms with Gasteiger partial charge in [0.2, 0.25) is 0 Å². The van der Waals surface area contributed by atoms with Crippen molar-refractivity contribution in [3.63, 3.8) is 0 Å². The first-order valence-corrected chi connectivity index (χ1v) is 8.23. The molecule has 1 saturated carbocycles. The average molecular weight is 306 g/mol. The monoisotopic (exact) mass is 306 g/mol. The molecule has 1 aliphatic carbocycles. The standard InChI is InChI=1S/C16H30N6/c1-12-20-21-14(22(12)5)10-18-15(17-4)19-11-16(2,3)13-8-6-7-9-13/h13H,6-11H2,1-5H3,(H2,17,18,19). The smallest absolute Gasteiger partial charge is 0.191 e. The van der Waals surface area contributed by atoms with Crippen LogP contribution in [0.4, 0.5) is 0 Å². The van der Waals surface area contributed by atoms with Crippen molar-refractivity contribution in [1.82, 2.24) is 25.4 Å². The van der Waals surface area contributed by atoms with Crippen LogP contribution in [0.25, 0.3) is 0 Å². The summed E-state index contributed by atoms with van der Waals surface area (Å²) in [7, 11) is 3.78. The number of nitrogens with zero attached hydrogens (tertiary/aromatic N) is 4. The van der Waals surface area contributed by atoms with Crippen molar-refractivity contribution in [2.75, 3.05) is 13.6 Å². The Bertz CT molecular complexity index is 511. The van der Waals surface area contributed by atoms with E-state index in [1.807, 2.05) is 18.5 Å². The number of hydrogen-bond donors (Lipinski definition) is 2. The first-order chi connectivity index (χ1) is 10.4. The summed E-state index contributed by atoms with van der Waals surface area (Å²) in [5, 5.41) is 15.0. The molecule has 1 heterocycles. The third-order valence-electron chi connectivity index (χ3n) is 4.99. The van der Waals surface area contributed by atoms with Gasteiger partial charge in [0, 0.05) is 20.6 Å². The highest BCUT2D eigenvalue weighted by Crippen LogP contribution is 2.38. The van der Waals surface area contributed by atoms with E-state index in [0.29, 0.717) is 12.0 Å². The summed E-state index contributed by atoms with van der Waals surface area (Å²) in [5.41, 5.74) is 0.301. The van der Waals surface area contributed by atoms with E-state index in [1.54, 1.807) is 7.05 Å². The largest absolute Gasteiger partial charge is 0.356 e. The molecule has 0 spiro atoms. The van der Waals surface area contributed by atoms with Crippen molar-refractivity contribution in [1.29, 1.82) is 0 Å². The lowest BCUT2D eigenvalue weighted by atomic mass is 9.78. The normalized spacial score (nSPS) is 17.0. The zero-order valence-electron chi connectivity index (χ0n) is 14.6. The first kappa shape index (κ1) is 16.8. The van der Waals surface area contributed by atoms with E-state index >= 15 is 0 Å². The van der Waals surface area contributed by atoms with E-state index in [1.165, 1.54) is 25.7 Å². The fourth-order valence-electron chi connectivity index (χ4n) is 3.15. The zero-order valence-corrected chi connectivity index (χ0v) is 14.6. The Morgan fingerprint density at radius 1 is 1.27 bits per heavy atom. The number of hydrogen-bond acceptors (Lipinski definition) is 3. The summed E-state index contributed by atoms with van der Waals surface area (Å²) in [5.74, 6) is 3.48. The van der Waals surface area contributed by atoms with Gasteiger partial charge in [0.25, 0.3) is 0 Å². The second kappa shape index (κ2) is 7.11. The van der Waals surface area contributed by atoms with Crippen LogP contribution in [0.1, 0.15) is 51.2 Å². The third-order valence-corrected chi connectivity index (χ3v) is 4.99. The predicted octanol–water partition coefficient (Wildman–Crippen LogP) is 2.00. The fraction of sp³-hybridized carbons (Fsp3) is 0.812. The number of guanidine groups is 1. The van der Waals surface area contributed by atoms with Crippen molar-refractivity contribution in [3.8, 4) is 0 Å². The highest BCUT2D eigenvalue weighted by Gasteiger charge is 2.31. The Morgan fingerprint density at radius 2 is 1.95 bits per heavy atom. The molecule has 6 nitrogen and oxygen atoms in total. The maximum Gasteiger partial charge on any atom is 0.191 e. The molecule has 1 fully saturated rings. The van der Waals surface area contributed by atoms with Gasteiger partial charge in [-0.1, -0.05) is 26.7 Å². The molecule has 0 saturated heterocycles. The summed E-state index contributed by atoms with van der Waals surface area (Å²) >= 11 is 0. The molecular weight excluding hydrogens is 276 g/mol. The van der Waals surface area contributed by atoms with Gasteiger partial charge < -0.3 is 15.2 Å². The molecule has 0 atom stereocenters. The van der Waals surface area contributed by atoms with Crippen LogP contribution in [-0.4, -0.2) is 34.3 Å². The molecule has 124 valence electrons. The molecule has 2 rings (SSSR count). The summed E-state index contributed by atoms with van der Waals surface area (Å²) in [4.78, 5) is 4.31. The van der Waals surface area contributed by atoms with Crippen LogP contribution < -0.4 is 10.6 Å². The topological polar surface area (TPSA) is 67.1 Å². The molecular formula is C16H30N6. The fourth-order valence-corrected chi connectivity index (χ4v) is 3.15. The molecule has 0 bridgehead atoms. The van der Waals surface area contributed by atoms with E-state index < -0.39 is 0 Å². The van der Waals surface area contributed by atoms with Gasteiger partial charge >= 0.3 is 0 Å². The van der Waals surface area contributed by atoms with E-state index in [2.05, 4.69) is 39.7 Å². The summed E-state index contributed by atoms with van der Waals surface area (Å²) in [6.45, 7) is 8.23. The summed E-state index contributed by atoms with van der Waals surface area (Å²) in [6.07, 6.45) is 5.48. The number of aromatic nitrogens is 3. The SMILES string of the molecule is CN=C(NCc1nnc(C)n1C)NCC(C)(C)C1CCCC1. The van der Waals surface area contributed by atoms with Crippen molar-refractivity contribution >= 4 is 5.96 Å². The molecule has 1 aromatic heterocycles. The van der Waals surface area contributed by atoms with Crippen molar-refractivity contribution in [2.45, 2.75) is 53.0 Å². The third kappa shape index (κ3) is 3.99. The molecule has 0 radical (unpaired) electrons. The van der Waals surface area contributed by atoms with Crippen LogP contribution in [0.5, 0.6) is 0 Å². The van der Waals surface area contributed by atoms with E-state index in [0.717, 1.165) is 30.1 Å². The Labute approximate surface area is 133 Å². The van der Waals surface area contributed by atoms with Crippen LogP contribution in [0.15, 0.2) is 4.99 Å². The zero-order chi connectivity index (χ0) is 16.2. The van der Waals surface area contributed by atoms with Crippen molar-refractivity contribution < 1.29 is 0 Å². The Kier molecular flexibility index (Phi) is 5.42. The molecule has 0 aromatic carbocycles. The van der Waals surface area contributed by atoms with Crippen molar-refractivity contribution in [2.24, 2.45) is 23.4 Å². The van der Waals surface area contributed by atoms with E-state index in [9.17, 15) is 0 Å². The van der Waals surface area contributed by atoms with Gasteiger partial charge in [-0.2, -0.15) is 0 Å². The highest BCUT2D eigenvalue weighted by molar-refractivity contribution is 5.79. The van der Waals surface area contributed by atoms with Crippen LogP contribution in [0.3, 0.4) is 0 Å². The number of aryl methyl sites for hydroxylation is 1. The summed E-state index contributed by atoms with van der Waals surface area (Å²) < 4.78 is 1.99. The van der Waals surface area contributed by atoms with Gasteiger partial charge in [-0.3, -0.25) is 4.99 Å². The minimum Gasteiger partial charge on any atom is -0.356 e. The number of nitrogens with one attached hydrogen (secondary N) is 2. The maximum absolute atomic E-state index is 4.31. The Morgan fingerprint density at radius 3 is 2.50 bits per heavy atom. The second-order valence-corrected chi connectivity index (χ2v) is 6.97. The molecule has 22 heavy (non-hydrogen) atoms. The molecule has 1 aromatic rings. The van der Waals surface area contributed by atoms with Gasteiger partial charge in [0.15, 0.2) is 11.8 Å². The molecule has 0 aliphatic heterocycles. The van der Waals surface area contributed by atoms with Crippen LogP contribution in [0.2, 0.25) is 0 Å². The lowest BCUT2D eigenvalue weighted by molar-refractivity contribution is 0.218. The molecule has 0 unspecified atom stereocenters. The van der Waals surface area contributed by atoms with Crippen LogP contribution in [-0.2, 0) is 13.6 Å². The minimum atomic E-state index is 0.301. The quantitative estimate of drug-likeness (QED) is 0.645. The van der Waals surface area contributed by atoms with Crippen molar-refractivity contribution in [3.05, 3.63) is 11.6 Å². The number of rotatable bonds is 5. The van der Waals surface area contributed by atoms with Gasteiger partial charge in [0.1, 0.15) is 5.82 Å². The Balaban J connectivity index is 1.83. The first-order valence-electron chi connectivity index (χ1n) is 8.23. The van der Waals surface area contributed by atoms with E-state index in [-0.39, 0.29) is 0 Å². The lowest BCUT2D eigenvalue weighted by Crippen LogP contribution is -2.43. The number of aliphatic imine (C=N–C) groups is 1. The maximum atomic E-state index is 4.31. The van der Waals surface area contributed by atoms with Gasteiger partial charge in [-0.25, -0.2) is 0 Å². The second-order valence-electron chi connectivity index (χ2n) is 6.97. The van der Waals surface area contributed by atoms with E-state index in [4.69, 9.17) is 0 Å². The average Bonchev–Trinajstić information content (AvgIpc) is 3.13. The molecule has 2 N–H and O–H groups in total. The molecule has 1 aliphatic rings. The minimum absolute atomic E-state index is 0.301. The predicted molar refractivity (Wildman–Crippen MR) is 89.7 cm³/mol. The Hall–Kier alpha value is -1.59.